The highest BCUT2D eigenvalue weighted by Gasteiger charge is 2.07. The summed E-state index contributed by atoms with van der Waals surface area (Å²) in [5.41, 5.74) is 0. The van der Waals surface area contributed by atoms with Crippen molar-refractivity contribution in [3.8, 4) is 0 Å². The number of hydrogen-bond acceptors (Lipinski definition) is 5. The lowest BCUT2D eigenvalue weighted by Gasteiger charge is -2.12. The van der Waals surface area contributed by atoms with Crippen molar-refractivity contribution in [1.29, 1.82) is 0 Å². The highest BCUT2D eigenvalue weighted by atomic mass is 16.5. The van der Waals surface area contributed by atoms with E-state index in [0.29, 0.717) is 19.4 Å². The van der Waals surface area contributed by atoms with Crippen molar-refractivity contribution in [2.45, 2.75) is 65.4 Å². The zero-order chi connectivity index (χ0) is 16.1. The molecule has 0 rings (SSSR count). The summed E-state index contributed by atoms with van der Waals surface area (Å²) in [6.45, 7) is 5.12. The van der Waals surface area contributed by atoms with Gasteiger partial charge in [0.15, 0.2) is 5.78 Å². The Morgan fingerprint density at radius 1 is 1.05 bits per heavy atom. The molecule has 1 atom stereocenters. The lowest BCUT2D eigenvalue weighted by molar-refractivity contribution is -0.146. The Labute approximate surface area is 126 Å². The van der Waals surface area contributed by atoms with E-state index in [1.54, 1.807) is 12.2 Å². The van der Waals surface area contributed by atoms with Crippen LogP contribution >= 0.6 is 0 Å². The summed E-state index contributed by atoms with van der Waals surface area (Å²) in [5, 5.41) is 0. The molecule has 0 heterocycles. The third-order valence-corrected chi connectivity index (χ3v) is 2.86. The van der Waals surface area contributed by atoms with Gasteiger partial charge in [-0.15, -0.1) is 0 Å². The van der Waals surface area contributed by atoms with Crippen molar-refractivity contribution < 1.29 is 23.9 Å². The first-order valence-corrected chi connectivity index (χ1v) is 7.45. The third kappa shape index (κ3) is 13.1. The number of allylic oxidation sites excluding steroid dienone is 1. The zero-order valence-electron chi connectivity index (χ0n) is 13.2. The molecular formula is C16H26O5. The molecule has 1 unspecified atom stereocenters. The zero-order valence-corrected chi connectivity index (χ0v) is 13.2. The molecule has 120 valence electrons. The van der Waals surface area contributed by atoms with Gasteiger partial charge in [0.25, 0.3) is 0 Å². The van der Waals surface area contributed by atoms with Gasteiger partial charge < -0.3 is 9.47 Å². The van der Waals surface area contributed by atoms with Crippen LogP contribution in [0.2, 0.25) is 0 Å². The van der Waals surface area contributed by atoms with Crippen LogP contribution in [-0.2, 0) is 23.9 Å². The lowest BCUT2D eigenvalue weighted by Crippen LogP contribution is -2.14. The van der Waals surface area contributed by atoms with Crippen LogP contribution < -0.4 is 0 Å². The molecule has 0 bridgehead atoms. The topological polar surface area (TPSA) is 69.7 Å². The largest absolute Gasteiger partial charge is 0.466 e. The fourth-order valence-corrected chi connectivity index (χ4v) is 1.76. The predicted molar refractivity (Wildman–Crippen MR) is 79.7 cm³/mol. The first kappa shape index (κ1) is 19.4. The number of carbonyl (C=O) groups excluding carboxylic acids is 3. The molecule has 5 heteroatoms. The van der Waals surface area contributed by atoms with E-state index in [-0.39, 0.29) is 23.8 Å². The number of esters is 2. The van der Waals surface area contributed by atoms with Gasteiger partial charge in [-0.1, -0.05) is 13.0 Å². The highest BCUT2D eigenvalue weighted by Crippen LogP contribution is 2.06. The van der Waals surface area contributed by atoms with Crippen molar-refractivity contribution in [2.75, 3.05) is 6.61 Å². The maximum atomic E-state index is 11.6. The predicted octanol–water partition coefficient (Wildman–Crippen LogP) is 2.97. The fraction of sp³-hybridized carbons (Fsp3) is 0.688. The van der Waals surface area contributed by atoms with E-state index in [9.17, 15) is 14.4 Å². The number of ether oxygens (including phenoxy) is 2. The normalized spacial score (nSPS) is 12.1. The van der Waals surface area contributed by atoms with Crippen LogP contribution in [0.5, 0.6) is 0 Å². The molecule has 0 aliphatic carbocycles. The maximum Gasteiger partial charge on any atom is 0.302 e. The average molecular weight is 298 g/mol. The van der Waals surface area contributed by atoms with Crippen LogP contribution in [-0.4, -0.2) is 30.4 Å². The van der Waals surface area contributed by atoms with Gasteiger partial charge in [-0.05, 0) is 31.8 Å². The second kappa shape index (κ2) is 12.1. The minimum atomic E-state index is -0.297. The summed E-state index contributed by atoms with van der Waals surface area (Å²) >= 11 is 0. The molecule has 0 N–H and O–H groups in total. The van der Waals surface area contributed by atoms with Crippen LogP contribution in [0.15, 0.2) is 12.2 Å². The molecule has 0 fully saturated rings. The number of hydrogen-bond donors (Lipinski definition) is 0. The molecule has 0 spiro atoms. The highest BCUT2D eigenvalue weighted by molar-refractivity contribution is 5.89. The Balaban J connectivity index is 3.70. The summed E-state index contributed by atoms with van der Waals surface area (Å²) < 4.78 is 9.89. The van der Waals surface area contributed by atoms with Gasteiger partial charge >= 0.3 is 11.9 Å². The monoisotopic (exact) mass is 298 g/mol. The molecule has 0 aromatic carbocycles. The number of carbonyl (C=O) groups is 3. The van der Waals surface area contributed by atoms with Crippen molar-refractivity contribution >= 4 is 17.7 Å². The SMILES string of the molecule is CCC(C/C=C/C(=O)CCCCCOC(C)=O)OC(C)=O. The van der Waals surface area contributed by atoms with Crippen molar-refractivity contribution in [3.63, 3.8) is 0 Å². The van der Waals surface area contributed by atoms with Gasteiger partial charge in [-0.3, -0.25) is 14.4 Å². The van der Waals surface area contributed by atoms with Gasteiger partial charge in [0.05, 0.1) is 6.61 Å². The molecular weight excluding hydrogens is 272 g/mol. The molecule has 0 amide bonds. The first-order chi connectivity index (χ1) is 9.95. The van der Waals surface area contributed by atoms with Gasteiger partial charge in [-0.2, -0.15) is 0 Å². The Morgan fingerprint density at radius 2 is 1.76 bits per heavy atom. The summed E-state index contributed by atoms with van der Waals surface area (Å²) in [7, 11) is 0. The Bertz CT molecular complexity index is 360. The molecule has 0 saturated heterocycles. The summed E-state index contributed by atoms with van der Waals surface area (Å²) in [4.78, 5) is 33.0. The van der Waals surface area contributed by atoms with Crippen LogP contribution in [0.3, 0.4) is 0 Å². The molecule has 5 nitrogen and oxygen atoms in total. The van der Waals surface area contributed by atoms with Gasteiger partial charge in [-0.25, -0.2) is 0 Å². The van der Waals surface area contributed by atoms with E-state index in [1.807, 2.05) is 6.92 Å². The number of rotatable bonds is 11. The van der Waals surface area contributed by atoms with E-state index in [4.69, 9.17) is 9.47 Å². The molecule has 0 aromatic heterocycles. The van der Waals surface area contributed by atoms with Gasteiger partial charge in [0.1, 0.15) is 6.10 Å². The minimum Gasteiger partial charge on any atom is -0.466 e. The molecule has 0 aromatic rings. The fourth-order valence-electron chi connectivity index (χ4n) is 1.76. The van der Waals surface area contributed by atoms with E-state index < -0.39 is 0 Å². The minimum absolute atomic E-state index is 0.0696. The van der Waals surface area contributed by atoms with Crippen LogP contribution in [0.25, 0.3) is 0 Å². The first-order valence-electron chi connectivity index (χ1n) is 7.45. The van der Waals surface area contributed by atoms with Crippen molar-refractivity contribution in [3.05, 3.63) is 12.2 Å². The van der Waals surface area contributed by atoms with Gasteiger partial charge in [0.2, 0.25) is 0 Å². The van der Waals surface area contributed by atoms with E-state index in [1.165, 1.54) is 13.8 Å². The van der Waals surface area contributed by atoms with Crippen molar-refractivity contribution in [1.82, 2.24) is 0 Å². The summed E-state index contributed by atoms with van der Waals surface area (Å²) in [6.07, 6.45) is 7.36. The van der Waals surface area contributed by atoms with E-state index >= 15 is 0 Å². The summed E-state index contributed by atoms with van der Waals surface area (Å²) in [5.74, 6) is -0.498. The number of unbranched alkanes of at least 4 members (excludes halogenated alkanes) is 2. The molecule has 0 saturated carbocycles. The van der Waals surface area contributed by atoms with Crippen LogP contribution in [0.1, 0.15) is 59.3 Å². The van der Waals surface area contributed by atoms with Crippen LogP contribution in [0.4, 0.5) is 0 Å². The lowest BCUT2D eigenvalue weighted by atomic mass is 10.1. The quantitative estimate of drug-likeness (QED) is 0.333. The van der Waals surface area contributed by atoms with E-state index in [2.05, 4.69) is 0 Å². The third-order valence-electron chi connectivity index (χ3n) is 2.86. The Kier molecular flexibility index (Phi) is 11.2. The smallest absolute Gasteiger partial charge is 0.302 e. The van der Waals surface area contributed by atoms with Crippen LogP contribution in [0, 0.1) is 0 Å². The molecule has 0 aliphatic heterocycles. The Morgan fingerprint density at radius 3 is 2.33 bits per heavy atom. The number of ketones is 1. The maximum absolute atomic E-state index is 11.6. The second-order valence-corrected chi connectivity index (χ2v) is 4.89. The standard InChI is InChI=1S/C16H26O5/c1-4-16(21-14(3)18)11-8-10-15(19)9-6-5-7-12-20-13(2)17/h8,10,16H,4-7,9,11-12H2,1-3H3/b10-8+. The Hall–Kier alpha value is -1.65. The molecule has 0 radical (unpaired) electrons. The second-order valence-electron chi connectivity index (χ2n) is 4.89. The molecule has 21 heavy (non-hydrogen) atoms. The summed E-state index contributed by atoms with van der Waals surface area (Å²) in [6, 6.07) is 0. The average Bonchev–Trinajstić information content (AvgIpc) is 2.40. The van der Waals surface area contributed by atoms with Gasteiger partial charge in [0, 0.05) is 26.7 Å². The van der Waals surface area contributed by atoms with E-state index in [0.717, 1.165) is 25.7 Å². The molecule has 0 aliphatic rings. The van der Waals surface area contributed by atoms with Crippen molar-refractivity contribution in [2.24, 2.45) is 0 Å².